The molecule has 2 aliphatic carbocycles. The van der Waals surface area contributed by atoms with Crippen LogP contribution in [-0.2, 0) is 9.59 Å². The molecule has 2 saturated carbocycles. The predicted octanol–water partition coefficient (Wildman–Crippen LogP) is 1.96. The van der Waals surface area contributed by atoms with Crippen LogP contribution in [0, 0.1) is 23.7 Å². The molecule has 1 aliphatic heterocycles. The van der Waals surface area contributed by atoms with Crippen LogP contribution in [0.4, 0.5) is 0 Å². The first-order valence-electron chi connectivity index (χ1n) is 7.97. The number of imide groups is 1. The Morgan fingerprint density at radius 2 is 1.75 bits per heavy atom. The number of likely N-dealkylation sites (tertiary alicyclic amines) is 1. The molecule has 3 aliphatic rings. The van der Waals surface area contributed by atoms with E-state index in [1.807, 2.05) is 0 Å². The van der Waals surface area contributed by atoms with Gasteiger partial charge in [0.15, 0.2) is 0 Å². The van der Waals surface area contributed by atoms with Crippen molar-refractivity contribution >= 4 is 11.8 Å². The van der Waals surface area contributed by atoms with Gasteiger partial charge in [0.2, 0.25) is 11.8 Å². The van der Waals surface area contributed by atoms with Crippen LogP contribution in [0.5, 0.6) is 0 Å². The number of fused-ring (bicyclic) bond motifs is 1. The van der Waals surface area contributed by atoms with E-state index in [-0.39, 0.29) is 30.3 Å². The second-order valence-corrected chi connectivity index (χ2v) is 7.39. The van der Waals surface area contributed by atoms with Crippen molar-refractivity contribution in [2.45, 2.75) is 57.9 Å². The molecule has 3 rings (SSSR count). The van der Waals surface area contributed by atoms with E-state index in [2.05, 4.69) is 13.8 Å². The highest BCUT2D eigenvalue weighted by Crippen LogP contribution is 2.48. The van der Waals surface area contributed by atoms with Crippen molar-refractivity contribution in [2.75, 3.05) is 6.61 Å². The smallest absolute Gasteiger partial charge is 0.233 e. The summed E-state index contributed by atoms with van der Waals surface area (Å²) in [6, 6.07) is 0. The number of hydrogen-bond donors (Lipinski definition) is 1. The number of carbonyl (C=O) groups excluding carboxylic acids is 2. The van der Waals surface area contributed by atoms with Gasteiger partial charge in [0.25, 0.3) is 0 Å². The molecule has 0 aromatic carbocycles. The summed E-state index contributed by atoms with van der Waals surface area (Å²) in [6.45, 7) is 4.19. The van der Waals surface area contributed by atoms with Crippen molar-refractivity contribution in [2.24, 2.45) is 23.7 Å². The lowest BCUT2D eigenvalue weighted by atomic mass is 9.75. The fourth-order valence-corrected chi connectivity index (χ4v) is 4.80. The third kappa shape index (κ3) is 1.92. The van der Waals surface area contributed by atoms with Gasteiger partial charge < -0.3 is 5.11 Å². The van der Waals surface area contributed by atoms with E-state index in [1.54, 1.807) is 0 Å². The van der Waals surface area contributed by atoms with E-state index in [4.69, 9.17) is 0 Å². The zero-order chi connectivity index (χ0) is 14.5. The minimum Gasteiger partial charge on any atom is -0.394 e. The summed E-state index contributed by atoms with van der Waals surface area (Å²) in [5, 5.41) is 9.92. The minimum absolute atomic E-state index is 0.00694. The molecular weight excluding hydrogens is 254 g/mol. The SMILES string of the molecule is CC1CC2C(=O)N(C3(CO)CCCC(C)C3)C(=O)C2C1. The van der Waals surface area contributed by atoms with E-state index in [9.17, 15) is 14.7 Å². The number of hydrogen-bond acceptors (Lipinski definition) is 3. The highest BCUT2D eigenvalue weighted by Gasteiger charge is 2.58. The molecule has 20 heavy (non-hydrogen) atoms. The molecule has 0 spiro atoms. The van der Waals surface area contributed by atoms with Gasteiger partial charge in [-0.05, 0) is 37.5 Å². The Bertz CT molecular complexity index is 411. The average Bonchev–Trinajstić information content (AvgIpc) is 2.89. The Morgan fingerprint density at radius 1 is 1.15 bits per heavy atom. The average molecular weight is 279 g/mol. The molecule has 1 heterocycles. The third-order valence-electron chi connectivity index (χ3n) is 5.71. The number of carbonyl (C=O) groups is 2. The quantitative estimate of drug-likeness (QED) is 0.786. The largest absolute Gasteiger partial charge is 0.394 e. The maximum Gasteiger partial charge on any atom is 0.233 e. The lowest BCUT2D eigenvalue weighted by Gasteiger charge is -2.44. The van der Waals surface area contributed by atoms with Crippen LogP contribution in [0.3, 0.4) is 0 Å². The number of amides is 2. The Hall–Kier alpha value is -0.900. The van der Waals surface area contributed by atoms with E-state index in [0.717, 1.165) is 38.5 Å². The first kappa shape index (κ1) is 14.1. The summed E-state index contributed by atoms with van der Waals surface area (Å²) >= 11 is 0. The lowest BCUT2D eigenvalue weighted by Crippen LogP contribution is -2.57. The molecule has 4 atom stereocenters. The highest BCUT2D eigenvalue weighted by atomic mass is 16.3. The highest BCUT2D eigenvalue weighted by molar-refractivity contribution is 6.06. The zero-order valence-electron chi connectivity index (χ0n) is 12.5. The summed E-state index contributed by atoms with van der Waals surface area (Å²) < 4.78 is 0. The second-order valence-electron chi connectivity index (χ2n) is 7.39. The lowest BCUT2D eigenvalue weighted by molar-refractivity contribution is -0.152. The van der Waals surface area contributed by atoms with Crippen molar-refractivity contribution < 1.29 is 14.7 Å². The van der Waals surface area contributed by atoms with Crippen LogP contribution >= 0.6 is 0 Å². The van der Waals surface area contributed by atoms with Gasteiger partial charge in [-0.15, -0.1) is 0 Å². The van der Waals surface area contributed by atoms with Gasteiger partial charge in [-0.2, -0.15) is 0 Å². The number of rotatable bonds is 2. The van der Waals surface area contributed by atoms with Gasteiger partial charge in [0.1, 0.15) is 0 Å². The van der Waals surface area contributed by atoms with Gasteiger partial charge in [0.05, 0.1) is 24.0 Å². The van der Waals surface area contributed by atoms with Crippen LogP contribution in [0.2, 0.25) is 0 Å². The molecule has 4 nitrogen and oxygen atoms in total. The minimum atomic E-state index is -0.612. The summed E-state index contributed by atoms with van der Waals surface area (Å²) in [6.07, 6.45) is 5.31. The molecule has 0 bridgehead atoms. The standard InChI is InChI=1S/C16H25NO3/c1-10-4-3-5-16(8-10,9-18)17-14(19)12-6-11(2)7-13(12)15(17)20/h10-13,18H,3-9H2,1-2H3. The third-order valence-corrected chi connectivity index (χ3v) is 5.71. The Morgan fingerprint density at radius 3 is 2.25 bits per heavy atom. The van der Waals surface area contributed by atoms with Crippen LogP contribution < -0.4 is 0 Å². The predicted molar refractivity (Wildman–Crippen MR) is 74.7 cm³/mol. The molecule has 1 saturated heterocycles. The maximum atomic E-state index is 12.7. The zero-order valence-corrected chi connectivity index (χ0v) is 12.5. The van der Waals surface area contributed by atoms with E-state index < -0.39 is 5.54 Å². The van der Waals surface area contributed by atoms with E-state index >= 15 is 0 Å². The molecule has 3 fully saturated rings. The Balaban J connectivity index is 1.90. The Kier molecular flexibility index (Phi) is 3.39. The van der Waals surface area contributed by atoms with Crippen molar-refractivity contribution in [3.63, 3.8) is 0 Å². The van der Waals surface area contributed by atoms with Crippen LogP contribution in [0.15, 0.2) is 0 Å². The maximum absolute atomic E-state index is 12.7. The molecule has 4 unspecified atom stereocenters. The molecule has 1 N–H and O–H groups in total. The molecule has 4 heteroatoms. The normalized spacial score (nSPS) is 45.0. The van der Waals surface area contributed by atoms with E-state index in [1.165, 1.54) is 4.90 Å². The molecule has 0 aromatic rings. The van der Waals surface area contributed by atoms with Crippen LogP contribution in [-0.4, -0.2) is 34.0 Å². The van der Waals surface area contributed by atoms with Crippen molar-refractivity contribution in [3.05, 3.63) is 0 Å². The number of nitrogens with zero attached hydrogens (tertiary/aromatic N) is 1. The molecular formula is C16H25NO3. The van der Waals surface area contributed by atoms with Gasteiger partial charge in [-0.1, -0.05) is 26.7 Å². The molecule has 2 amide bonds. The van der Waals surface area contributed by atoms with Crippen LogP contribution in [0.1, 0.15) is 52.4 Å². The van der Waals surface area contributed by atoms with Gasteiger partial charge >= 0.3 is 0 Å². The van der Waals surface area contributed by atoms with Crippen molar-refractivity contribution in [1.82, 2.24) is 4.90 Å². The molecule has 112 valence electrons. The summed E-state index contributed by atoms with van der Waals surface area (Å²) in [4.78, 5) is 26.9. The van der Waals surface area contributed by atoms with Crippen LogP contribution in [0.25, 0.3) is 0 Å². The Labute approximate surface area is 120 Å². The summed E-state index contributed by atoms with van der Waals surface area (Å²) in [5.41, 5.74) is -0.612. The fraction of sp³-hybridized carbons (Fsp3) is 0.875. The van der Waals surface area contributed by atoms with Crippen molar-refractivity contribution in [3.8, 4) is 0 Å². The van der Waals surface area contributed by atoms with Gasteiger partial charge in [0, 0.05) is 0 Å². The van der Waals surface area contributed by atoms with Gasteiger partial charge in [-0.25, -0.2) is 0 Å². The molecule has 0 aromatic heterocycles. The van der Waals surface area contributed by atoms with Crippen molar-refractivity contribution in [1.29, 1.82) is 0 Å². The van der Waals surface area contributed by atoms with Gasteiger partial charge in [-0.3, -0.25) is 14.5 Å². The number of aliphatic hydroxyl groups is 1. The monoisotopic (exact) mass is 279 g/mol. The first-order chi connectivity index (χ1) is 9.48. The van der Waals surface area contributed by atoms with E-state index in [0.29, 0.717) is 11.8 Å². The summed E-state index contributed by atoms with van der Waals surface area (Å²) in [5.74, 6) is 0.697. The topological polar surface area (TPSA) is 57.6 Å². The molecule has 0 radical (unpaired) electrons. The fourth-order valence-electron chi connectivity index (χ4n) is 4.80. The second kappa shape index (κ2) is 4.83. The first-order valence-corrected chi connectivity index (χ1v) is 7.97. The summed E-state index contributed by atoms with van der Waals surface area (Å²) in [7, 11) is 0. The number of aliphatic hydroxyl groups excluding tert-OH is 1.